The highest BCUT2D eigenvalue weighted by atomic mass is 32.2. The Bertz CT molecular complexity index is 391. The summed E-state index contributed by atoms with van der Waals surface area (Å²) in [6, 6.07) is 0.172. The fraction of sp³-hybridized carbons (Fsp3) is 0.938. The van der Waals surface area contributed by atoms with Gasteiger partial charge in [0.2, 0.25) is 5.91 Å². The van der Waals surface area contributed by atoms with Gasteiger partial charge in [-0.1, -0.05) is 13.3 Å². The van der Waals surface area contributed by atoms with Crippen LogP contribution in [0.2, 0.25) is 0 Å². The maximum atomic E-state index is 12.8. The first-order chi connectivity index (χ1) is 10.6. The SMILES string of the molecule is CCS(=O)C1CCCC(NC(=O)C2(COC)CCNCC2)C1. The first-order valence-corrected chi connectivity index (χ1v) is 9.87. The third kappa shape index (κ3) is 4.30. The Morgan fingerprint density at radius 2 is 2.09 bits per heavy atom. The lowest BCUT2D eigenvalue weighted by atomic mass is 9.78. The van der Waals surface area contributed by atoms with Gasteiger partial charge in [0.1, 0.15) is 0 Å². The van der Waals surface area contributed by atoms with Crippen LogP contribution in [0.1, 0.15) is 45.4 Å². The standard InChI is InChI=1S/C16H30N2O3S/c1-3-22(20)14-6-4-5-13(11-14)18-15(19)16(12-21-2)7-9-17-10-8-16/h13-14,17H,3-12H2,1-2H3,(H,18,19). The zero-order valence-corrected chi connectivity index (χ0v) is 14.7. The number of carbonyl (C=O) groups excluding carboxylic acids is 1. The van der Waals surface area contributed by atoms with Crippen LogP contribution in [0.25, 0.3) is 0 Å². The Morgan fingerprint density at radius 3 is 2.73 bits per heavy atom. The van der Waals surface area contributed by atoms with E-state index in [1.165, 1.54) is 0 Å². The van der Waals surface area contributed by atoms with Gasteiger partial charge in [-0.2, -0.15) is 0 Å². The Kier molecular flexibility index (Phi) is 6.84. The third-order valence-electron chi connectivity index (χ3n) is 5.08. The highest BCUT2D eigenvalue weighted by molar-refractivity contribution is 7.85. The summed E-state index contributed by atoms with van der Waals surface area (Å²) in [5, 5.41) is 6.80. The molecule has 0 aromatic rings. The first-order valence-electron chi connectivity index (χ1n) is 8.49. The average Bonchev–Trinajstić information content (AvgIpc) is 2.55. The number of rotatable bonds is 6. The summed E-state index contributed by atoms with van der Waals surface area (Å²) in [4.78, 5) is 12.8. The number of piperidine rings is 1. The summed E-state index contributed by atoms with van der Waals surface area (Å²) in [5.74, 6) is 0.841. The molecule has 2 aliphatic rings. The number of methoxy groups -OCH3 is 1. The van der Waals surface area contributed by atoms with Crippen LogP contribution in [-0.2, 0) is 20.3 Å². The summed E-state index contributed by atoms with van der Waals surface area (Å²) in [6.45, 7) is 4.19. The predicted molar refractivity (Wildman–Crippen MR) is 89.3 cm³/mol. The van der Waals surface area contributed by atoms with Gasteiger partial charge in [0.15, 0.2) is 0 Å². The molecule has 1 saturated heterocycles. The molecule has 3 atom stereocenters. The van der Waals surface area contributed by atoms with Crippen LogP contribution in [0.3, 0.4) is 0 Å². The molecule has 0 bridgehead atoms. The van der Waals surface area contributed by atoms with Crippen molar-refractivity contribution in [3.05, 3.63) is 0 Å². The van der Waals surface area contributed by atoms with Crippen molar-refractivity contribution < 1.29 is 13.7 Å². The highest BCUT2D eigenvalue weighted by Gasteiger charge is 2.41. The molecular formula is C16H30N2O3S. The lowest BCUT2D eigenvalue weighted by Gasteiger charge is -2.38. The van der Waals surface area contributed by atoms with Crippen molar-refractivity contribution in [3.63, 3.8) is 0 Å². The molecule has 5 nitrogen and oxygen atoms in total. The molecule has 128 valence electrons. The normalized spacial score (nSPS) is 29.7. The van der Waals surface area contributed by atoms with Gasteiger partial charge in [-0.05, 0) is 45.2 Å². The van der Waals surface area contributed by atoms with E-state index in [0.717, 1.165) is 51.6 Å². The Morgan fingerprint density at radius 1 is 1.36 bits per heavy atom. The van der Waals surface area contributed by atoms with Crippen LogP contribution in [-0.4, -0.2) is 54.0 Å². The number of amides is 1. The predicted octanol–water partition coefficient (Wildman–Crippen LogP) is 1.20. The van der Waals surface area contributed by atoms with Crippen molar-refractivity contribution in [1.82, 2.24) is 10.6 Å². The Hall–Kier alpha value is -0.460. The second kappa shape index (κ2) is 8.41. The van der Waals surface area contributed by atoms with Crippen molar-refractivity contribution in [1.29, 1.82) is 0 Å². The number of carbonyl (C=O) groups is 1. The maximum absolute atomic E-state index is 12.8. The van der Waals surface area contributed by atoms with Crippen LogP contribution < -0.4 is 10.6 Å². The van der Waals surface area contributed by atoms with E-state index in [9.17, 15) is 9.00 Å². The second-order valence-corrected chi connectivity index (χ2v) is 8.60. The number of hydrogen-bond donors (Lipinski definition) is 2. The third-order valence-corrected chi connectivity index (χ3v) is 6.82. The molecule has 0 spiro atoms. The van der Waals surface area contributed by atoms with Crippen LogP contribution in [0.5, 0.6) is 0 Å². The second-order valence-electron chi connectivity index (χ2n) is 6.59. The molecule has 1 saturated carbocycles. The highest BCUT2D eigenvalue weighted by Crippen LogP contribution is 2.31. The monoisotopic (exact) mass is 330 g/mol. The lowest BCUT2D eigenvalue weighted by Crippen LogP contribution is -2.53. The smallest absolute Gasteiger partial charge is 0.228 e. The summed E-state index contributed by atoms with van der Waals surface area (Å²) in [7, 11) is 0.911. The van der Waals surface area contributed by atoms with Crippen molar-refractivity contribution in [2.45, 2.75) is 56.7 Å². The van der Waals surface area contributed by atoms with Crippen LogP contribution >= 0.6 is 0 Å². The quantitative estimate of drug-likeness (QED) is 0.768. The molecule has 2 rings (SSSR count). The first kappa shape index (κ1) is 17.9. The Balaban J connectivity index is 1.95. The zero-order valence-electron chi connectivity index (χ0n) is 13.9. The topological polar surface area (TPSA) is 67.4 Å². The molecule has 2 fully saturated rings. The van der Waals surface area contributed by atoms with Gasteiger partial charge >= 0.3 is 0 Å². The van der Waals surface area contributed by atoms with Gasteiger partial charge in [0.25, 0.3) is 0 Å². The summed E-state index contributed by atoms with van der Waals surface area (Å²) >= 11 is 0. The minimum atomic E-state index is -0.754. The van der Waals surface area contributed by atoms with E-state index < -0.39 is 16.2 Å². The van der Waals surface area contributed by atoms with Gasteiger partial charge < -0.3 is 15.4 Å². The molecular weight excluding hydrogens is 300 g/mol. The summed E-state index contributed by atoms with van der Waals surface area (Å²) in [5.41, 5.74) is -0.392. The molecule has 0 aromatic heterocycles. The van der Waals surface area contributed by atoms with Gasteiger partial charge in [0, 0.05) is 35.0 Å². The fourth-order valence-electron chi connectivity index (χ4n) is 3.71. The molecule has 1 amide bonds. The van der Waals surface area contributed by atoms with Gasteiger partial charge in [0.05, 0.1) is 12.0 Å². The van der Waals surface area contributed by atoms with E-state index in [0.29, 0.717) is 12.4 Å². The summed E-state index contributed by atoms with van der Waals surface area (Å²) in [6.07, 6.45) is 5.59. The van der Waals surface area contributed by atoms with E-state index in [4.69, 9.17) is 4.74 Å². The van der Waals surface area contributed by atoms with E-state index in [1.54, 1.807) is 7.11 Å². The molecule has 1 heterocycles. The molecule has 2 N–H and O–H groups in total. The van der Waals surface area contributed by atoms with Crippen LogP contribution in [0.4, 0.5) is 0 Å². The van der Waals surface area contributed by atoms with E-state index in [1.807, 2.05) is 6.92 Å². The maximum Gasteiger partial charge on any atom is 0.228 e. The van der Waals surface area contributed by atoms with Gasteiger partial charge in [-0.3, -0.25) is 9.00 Å². The van der Waals surface area contributed by atoms with Crippen molar-refractivity contribution in [2.75, 3.05) is 32.6 Å². The van der Waals surface area contributed by atoms with Crippen molar-refractivity contribution in [3.8, 4) is 0 Å². The molecule has 0 aromatic carbocycles. The van der Waals surface area contributed by atoms with Gasteiger partial charge in [-0.25, -0.2) is 0 Å². The van der Waals surface area contributed by atoms with Crippen molar-refractivity contribution in [2.24, 2.45) is 5.41 Å². The number of hydrogen-bond acceptors (Lipinski definition) is 4. The molecule has 22 heavy (non-hydrogen) atoms. The van der Waals surface area contributed by atoms with Crippen LogP contribution in [0.15, 0.2) is 0 Å². The van der Waals surface area contributed by atoms with Crippen LogP contribution in [0, 0.1) is 5.41 Å². The number of nitrogens with one attached hydrogen (secondary N) is 2. The summed E-state index contributed by atoms with van der Waals surface area (Å²) < 4.78 is 17.4. The molecule has 1 aliphatic carbocycles. The molecule has 0 radical (unpaired) electrons. The van der Waals surface area contributed by atoms with E-state index in [-0.39, 0.29) is 17.2 Å². The zero-order chi connectivity index (χ0) is 16.0. The van der Waals surface area contributed by atoms with Gasteiger partial charge in [-0.15, -0.1) is 0 Å². The minimum absolute atomic E-state index is 0.129. The Labute approximate surface area is 136 Å². The average molecular weight is 330 g/mol. The van der Waals surface area contributed by atoms with E-state index in [2.05, 4.69) is 10.6 Å². The lowest BCUT2D eigenvalue weighted by molar-refractivity contribution is -0.137. The largest absolute Gasteiger partial charge is 0.384 e. The van der Waals surface area contributed by atoms with Crippen molar-refractivity contribution >= 4 is 16.7 Å². The fourth-order valence-corrected chi connectivity index (χ4v) is 5.06. The van der Waals surface area contributed by atoms with E-state index >= 15 is 0 Å². The number of ether oxygens (including phenoxy) is 1. The molecule has 1 aliphatic heterocycles. The minimum Gasteiger partial charge on any atom is -0.384 e. The molecule has 6 heteroatoms. The molecule has 3 unspecified atom stereocenters.